The molecular weight excluding hydrogens is 438 g/mol. The number of carbonyl (C=O) groups is 2. The number of esters is 1. The van der Waals surface area contributed by atoms with Crippen LogP contribution >= 0.6 is 0 Å². The Hall–Kier alpha value is -3.45. The van der Waals surface area contributed by atoms with Crippen molar-refractivity contribution in [2.75, 3.05) is 10.9 Å². The highest BCUT2D eigenvalue weighted by Crippen LogP contribution is 2.46. The molecule has 1 aliphatic rings. The fourth-order valence-electron chi connectivity index (χ4n) is 4.29. The second kappa shape index (κ2) is 9.19. The van der Waals surface area contributed by atoms with E-state index in [1.54, 1.807) is 79.7 Å². The molecule has 0 radical (unpaired) electrons. The molecule has 1 aliphatic heterocycles. The Labute approximate surface area is 193 Å². The van der Waals surface area contributed by atoms with Gasteiger partial charge in [-0.05, 0) is 37.6 Å². The van der Waals surface area contributed by atoms with Crippen LogP contribution in [0.1, 0.15) is 40.7 Å². The van der Waals surface area contributed by atoms with Gasteiger partial charge in [0.05, 0.1) is 35.6 Å². The molecule has 0 aliphatic carbocycles. The number of hydrogen-bond donors (Lipinski definition) is 0. The van der Waals surface area contributed by atoms with E-state index in [1.807, 2.05) is 13.0 Å². The Morgan fingerprint density at radius 2 is 1.55 bits per heavy atom. The van der Waals surface area contributed by atoms with Crippen LogP contribution in [0.5, 0.6) is 0 Å². The summed E-state index contributed by atoms with van der Waals surface area (Å²) in [5.74, 6) is -1.63. The van der Waals surface area contributed by atoms with Crippen LogP contribution in [0.4, 0.5) is 5.69 Å². The van der Waals surface area contributed by atoms with Crippen molar-refractivity contribution >= 4 is 27.5 Å². The number of ether oxygens (including phenoxy) is 1. The molecule has 0 amide bonds. The summed E-state index contributed by atoms with van der Waals surface area (Å²) in [4.78, 5) is 26.3. The van der Waals surface area contributed by atoms with Crippen LogP contribution < -0.4 is 4.31 Å². The summed E-state index contributed by atoms with van der Waals surface area (Å²) >= 11 is 0. The van der Waals surface area contributed by atoms with Gasteiger partial charge in [-0.2, -0.15) is 0 Å². The van der Waals surface area contributed by atoms with E-state index >= 15 is 0 Å². The van der Waals surface area contributed by atoms with Crippen LogP contribution in [0.15, 0.2) is 83.8 Å². The zero-order chi connectivity index (χ0) is 23.6. The van der Waals surface area contributed by atoms with Gasteiger partial charge in [0.25, 0.3) is 10.0 Å². The Morgan fingerprint density at radius 3 is 2.21 bits per heavy atom. The fraction of sp³-hybridized carbons (Fsp3) is 0.231. The topological polar surface area (TPSA) is 80.8 Å². The van der Waals surface area contributed by atoms with Gasteiger partial charge in [-0.1, -0.05) is 66.2 Å². The van der Waals surface area contributed by atoms with E-state index in [-0.39, 0.29) is 23.7 Å². The molecule has 0 saturated heterocycles. The summed E-state index contributed by atoms with van der Waals surface area (Å²) in [6.45, 7) is 3.73. The number of hydrogen-bond acceptors (Lipinski definition) is 5. The number of nitrogens with zero attached hydrogens (tertiary/aromatic N) is 1. The van der Waals surface area contributed by atoms with Crippen molar-refractivity contribution in [2.45, 2.75) is 37.1 Å². The van der Waals surface area contributed by atoms with Gasteiger partial charge in [-0.3, -0.25) is 13.9 Å². The molecule has 7 heteroatoms. The molecule has 170 valence electrons. The predicted octanol–water partition coefficient (Wildman–Crippen LogP) is 4.49. The van der Waals surface area contributed by atoms with Gasteiger partial charge in [0.1, 0.15) is 0 Å². The number of aryl methyl sites for hydroxylation is 1. The highest BCUT2D eigenvalue weighted by molar-refractivity contribution is 7.92. The van der Waals surface area contributed by atoms with Gasteiger partial charge < -0.3 is 4.74 Å². The fourth-order valence-corrected chi connectivity index (χ4v) is 5.98. The Bertz CT molecular complexity index is 1270. The second-order valence-electron chi connectivity index (χ2n) is 7.96. The number of Topliss-reactive ketones (excluding diaryl/α,β-unsaturated/α-hetero) is 1. The van der Waals surface area contributed by atoms with E-state index in [9.17, 15) is 18.0 Å². The number of rotatable bonds is 7. The number of carbonyl (C=O) groups excluding carboxylic acids is 2. The van der Waals surface area contributed by atoms with Crippen molar-refractivity contribution in [1.82, 2.24) is 0 Å². The highest BCUT2D eigenvalue weighted by Gasteiger charge is 2.48. The molecule has 2 atom stereocenters. The standard InChI is InChI=1S/C26H25NO5S/c1-3-32-24(28)17-23-25(26(29)19-9-5-4-6-10-19)21-11-7-8-12-22(21)27(23)33(30,31)20-15-13-18(2)14-16-20/h4-16,23,25H,3,17H2,1-2H3/t23-,25+/m0/s1. The first kappa shape index (κ1) is 22.7. The maximum atomic E-state index is 13.8. The van der Waals surface area contributed by atoms with Crippen LogP contribution in [-0.4, -0.2) is 32.8 Å². The summed E-state index contributed by atoms with van der Waals surface area (Å²) < 4.78 is 34.0. The molecule has 0 N–H and O–H groups in total. The normalized spacial score (nSPS) is 17.5. The largest absolute Gasteiger partial charge is 0.466 e. The summed E-state index contributed by atoms with van der Waals surface area (Å²) in [6.07, 6.45) is -0.239. The third-order valence-corrected chi connectivity index (χ3v) is 7.65. The average molecular weight is 464 g/mol. The lowest BCUT2D eigenvalue weighted by Crippen LogP contribution is -2.42. The van der Waals surface area contributed by atoms with Crippen molar-refractivity contribution < 1.29 is 22.7 Å². The Morgan fingerprint density at radius 1 is 0.909 bits per heavy atom. The Balaban J connectivity index is 1.87. The van der Waals surface area contributed by atoms with Crippen LogP contribution in [0.2, 0.25) is 0 Å². The average Bonchev–Trinajstić information content (AvgIpc) is 3.13. The van der Waals surface area contributed by atoms with Crippen molar-refractivity contribution in [1.29, 1.82) is 0 Å². The van der Waals surface area contributed by atoms with Gasteiger partial charge in [0.2, 0.25) is 0 Å². The van der Waals surface area contributed by atoms with Crippen LogP contribution in [-0.2, 0) is 19.6 Å². The number of benzene rings is 3. The summed E-state index contributed by atoms with van der Waals surface area (Å²) in [7, 11) is -4.05. The molecule has 0 fully saturated rings. The molecule has 4 rings (SSSR count). The summed E-state index contributed by atoms with van der Waals surface area (Å²) in [6, 6.07) is 21.2. The molecule has 6 nitrogen and oxygen atoms in total. The van der Waals surface area contributed by atoms with Crippen molar-refractivity contribution in [3.63, 3.8) is 0 Å². The highest BCUT2D eigenvalue weighted by atomic mass is 32.2. The van der Waals surface area contributed by atoms with E-state index in [0.29, 0.717) is 16.8 Å². The van der Waals surface area contributed by atoms with E-state index < -0.39 is 28.0 Å². The first-order chi connectivity index (χ1) is 15.8. The minimum atomic E-state index is -4.05. The van der Waals surface area contributed by atoms with Gasteiger partial charge in [-0.15, -0.1) is 0 Å². The van der Waals surface area contributed by atoms with Gasteiger partial charge in [-0.25, -0.2) is 8.42 Å². The maximum Gasteiger partial charge on any atom is 0.307 e. The Kier molecular flexibility index (Phi) is 6.33. The van der Waals surface area contributed by atoms with Crippen molar-refractivity contribution in [2.24, 2.45) is 0 Å². The molecular formula is C26H25NO5S. The lowest BCUT2D eigenvalue weighted by Gasteiger charge is -2.29. The van der Waals surface area contributed by atoms with E-state index in [2.05, 4.69) is 0 Å². The zero-order valence-electron chi connectivity index (χ0n) is 18.5. The van der Waals surface area contributed by atoms with E-state index in [0.717, 1.165) is 5.56 Å². The number of fused-ring (bicyclic) bond motifs is 1. The monoisotopic (exact) mass is 463 g/mol. The minimum absolute atomic E-state index is 0.101. The number of anilines is 1. The SMILES string of the molecule is CCOC(=O)C[C@H]1[C@H](C(=O)c2ccccc2)c2ccccc2N1S(=O)(=O)c1ccc(C)cc1. The predicted molar refractivity (Wildman–Crippen MR) is 126 cm³/mol. The summed E-state index contributed by atoms with van der Waals surface area (Å²) in [5.41, 5.74) is 2.37. The van der Waals surface area contributed by atoms with E-state index in [4.69, 9.17) is 4.74 Å². The van der Waals surface area contributed by atoms with Crippen LogP contribution in [0.25, 0.3) is 0 Å². The van der Waals surface area contributed by atoms with Gasteiger partial charge in [0.15, 0.2) is 5.78 Å². The molecule has 0 aromatic heterocycles. The molecule has 0 spiro atoms. The van der Waals surface area contributed by atoms with Crippen molar-refractivity contribution in [3.05, 3.63) is 95.6 Å². The molecule has 3 aromatic carbocycles. The molecule has 0 saturated carbocycles. The maximum absolute atomic E-state index is 13.8. The zero-order valence-corrected chi connectivity index (χ0v) is 19.3. The molecule has 3 aromatic rings. The molecule has 0 bridgehead atoms. The first-order valence-electron chi connectivity index (χ1n) is 10.8. The number of ketones is 1. The first-order valence-corrected chi connectivity index (χ1v) is 12.2. The minimum Gasteiger partial charge on any atom is -0.466 e. The number of sulfonamides is 1. The van der Waals surface area contributed by atoms with Gasteiger partial charge in [0, 0.05) is 5.56 Å². The third kappa shape index (κ3) is 4.28. The molecule has 33 heavy (non-hydrogen) atoms. The number of para-hydroxylation sites is 1. The van der Waals surface area contributed by atoms with Crippen molar-refractivity contribution in [3.8, 4) is 0 Å². The van der Waals surface area contributed by atoms with Crippen LogP contribution in [0.3, 0.4) is 0 Å². The smallest absolute Gasteiger partial charge is 0.307 e. The molecule has 0 unspecified atom stereocenters. The summed E-state index contributed by atoms with van der Waals surface area (Å²) in [5, 5.41) is 0. The molecule has 1 heterocycles. The van der Waals surface area contributed by atoms with Gasteiger partial charge >= 0.3 is 5.97 Å². The van der Waals surface area contributed by atoms with E-state index in [1.165, 1.54) is 4.31 Å². The lowest BCUT2D eigenvalue weighted by molar-refractivity contribution is -0.143. The third-order valence-electron chi connectivity index (χ3n) is 5.79. The second-order valence-corrected chi connectivity index (χ2v) is 9.77. The lowest BCUT2D eigenvalue weighted by atomic mass is 9.86. The van der Waals surface area contributed by atoms with Crippen LogP contribution in [0, 0.1) is 6.92 Å². The quantitative estimate of drug-likeness (QED) is 0.381.